The van der Waals surface area contributed by atoms with Crippen LogP contribution >= 0.6 is 0 Å². The molecule has 1 amide bonds. The highest BCUT2D eigenvalue weighted by Gasteiger charge is 2.57. The van der Waals surface area contributed by atoms with Crippen LogP contribution in [-0.2, 0) is 9.59 Å². The zero-order valence-electron chi connectivity index (χ0n) is 7.13. The fraction of sp³-hybridized carbons (Fsp3) is 0.714. The molecule has 1 heterocycles. The first-order chi connectivity index (χ1) is 6.25. The summed E-state index contributed by atoms with van der Waals surface area (Å²) in [6.07, 6.45) is -4.68. The fourth-order valence-corrected chi connectivity index (χ4v) is 1.51. The van der Waals surface area contributed by atoms with Gasteiger partial charge in [0.25, 0.3) is 0 Å². The minimum atomic E-state index is -4.68. The molecule has 14 heavy (non-hydrogen) atoms. The van der Waals surface area contributed by atoms with Gasteiger partial charge >= 0.3 is 12.1 Å². The van der Waals surface area contributed by atoms with E-state index in [4.69, 9.17) is 5.11 Å². The average Bonchev–Trinajstić information content (AvgIpc) is 2.27. The topological polar surface area (TPSA) is 66.4 Å². The van der Waals surface area contributed by atoms with Crippen LogP contribution in [0.25, 0.3) is 0 Å². The number of amides is 1. The molecule has 1 aliphatic rings. The lowest BCUT2D eigenvalue weighted by Gasteiger charge is -2.20. The van der Waals surface area contributed by atoms with Gasteiger partial charge in [0.2, 0.25) is 5.91 Å². The molecule has 1 aliphatic heterocycles. The molecule has 0 aromatic heterocycles. The molecule has 7 heteroatoms. The molecular weight excluding hydrogens is 203 g/mol. The normalized spacial score (nSPS) is 32.9. The smallest absolute Gasteiger partial charge is 0.395 e. The Morgan fingerprint density at radius 2 is 2.00 bits per heavy atom. The van der Waals surface area contributed by atoms with Gasteiger partial charge in [0, 0.05) is 5.92 Å². The van der Waals surface area contributed by atoms with E-state index in [9.17, 15) is 22.8 Å². The highest BCUT2D eigenvalue weighted by Crippen LogP contribution is 2.38. The fourth-order valence-electron chi connectivity index (χ4n) is 1.51. The predicted octanol–water partition coefficient (Wildman–Crippen LogP) is 0.384. The van der Waals surface area contributed by atoms with Crippen LogP contribution in [0.2, 0.25) is 0 Å². The first-order valence-corrected chi connectivity index (χ1v) is 3.85. The molecular formula is C7H8F3NO3. The minimum Gasteiger partial charge on any atom is -0.480 e. The maximum Gasteiger partial charge on any atom is 0.395 e. The standard InChI is InChI=1S/C7H8F3NO3/c1-2-3(7(8,9)10)4(6(13)14)11-5(2)12/h2-4H,1H3,(H,11,12)(H,13,14). The van der Waals surface area contributed by atoms with E-state index >= 15 is 0 Å². The van der Waals surface area contributed by atoms with Crippen LogP contribution in [0.4, 0.5) is 13.2 Å². The molecule has 3 unspecified atom stereocenters. The van der Waals surface area contributed by atoms with Crippen LogP contribution in [0.1, 0.15) is 6.92 Å². The van der Waals surface area contributed by atoms with E-state index in [-0.39, 0.29) is 0 Å². The monoisotopic (exact) mass is 211 g/mol. The maximum absolute atomic E-state index is 12.3. The van der Waals surface area contributed by atoms with Gasteiger partial charge in [-0.3, -0.25) is 4.79 Å². The maximum atomic E-state index is 12.3. The van der Waals surface area contributed by atoms with Gasteiger partial charge < -0.3 is 10.4 Å². The van der Waals surface area contributed by atoms with Crippen LogP contribution in [0.15, 0.2) is 0 Å². The highest BCUT2D eigenvalue weighted by molar-refractivity contribution is 5.89. The number of carbonyl (C=O) groups excluding carboxylic acids is 1. The zero-order valence-corrected chi connectivity index (χ0v) is 7.13. The van der Waals surface area contributed by atoms with Gasteiger partial charge in [-0.15, -0.1) is 0 Å². The number of carboxylic acids is 1. The molecule has 2 N–H and O–H groups in total. The first kappa shape index (κ1) is 10.8. The summed E-state index contributed by atoms with van der Waals surface area (Å²) in [5.41, 5.74) is 0. The summed E-state index contributed by atoms with van der Waals surface area (Å²) in [5.74, 6) is -6.03. The third-order valence-corrected chi connectivity index (χ3v) is 2.25. The summed E-state index contributed by atoms with van der Waals surface area (Å²) in [5, 5.41) is 10.3. The Kier molecular flexibility index (Phi) is 2.43. The number of aliphatic carboxylic acids is 1. The lowest BCUT2D eigenvalue weighted by atomic mass is 9.91. The summed E-state index contributed by atoms with van der Waals surface area (Å²) >= 11 is 0. The largest absolute Gasteiger partial charge is 0.480 e. The molecule has 0 aromatic rings. The molecule has 0 saturated carbocycles. The van der Waals surface area contributed by atoms with E-state index in [1.807, 2.05) is 0 Å². The quantitative estimate of drug-likeness (QED) is 0.659. The summed E-state index contributed by atoms with van der Waals surface area (Å²) in [6.45, 7) is 1.07. The van der Waals surface area contributed by atoms with E-state index in [0.717, 1.165) is 6.92 Å². The Bertz CT molecular complexity index is 276. The predicted molar refractivity (Wildman–Crippen MR) is 38.3 cm³/mol. The lowest BCUT2D eigenvalue weighted by molar-refractivity contribution is -0.192. The zero-order chi connectivity index (χ0) is 11.1. The molecule has 0 bridgehead atoms. The van der Waals surface area contributed by atoms with Crippen molar-refractivity contribution in [3.8, 4) is 0 Å². The molecule has 3 atom stereocenters. The summed E-state index contributed by atoms with van der Waals surface area (Å²) in [7, 11) is 0. The van der Waals surface area contributed by atoms with Crippen molar-refractivity contribution in [2.45, 2.75) is 19.1 Å². The number of halogens is 3. The Morgan fingerprint density at radius 3 is 2.29 bits per heavy atom. The Labute approximate surface area is 77.1 Å². The van der Waals surface area contributed by atoms with Gasteiger partial charge in [-0.25, -0.2) is 4.79 Å². The third-order valence-electron chi connectivity index (χ3n) is 2.25. The minimum absolute atomic E-state index is 0.875. The van der Waals surface area contributed by atoms with Gasteiger partial charge in [0.05, 0.1) is 5.92 Å². The van der Waals surface area contributed by atoms with Crippen LogP contribution in [0.3, 0.4) is 0 Å². The van der Waals surface area contributed by atoms with E-state index in [0.29, 0.717) is 0 Å². The van der Waals surface area contributed by atoms with Gasteiger partial charge in [0.1, 0.15) is 6.04 Å². The highest BCUT2D eigenvalue weighted by atomic mass is 19.4. The Hall–Kier alpha value is -1.27. The van der Waals surface area contributed by atoms with Gasteiger partial charge in [0.15, 0.2) is 0 Å². The number of carbonyl (C=O) groups is 2. The lowest BCUT2D eigenvalue weighted by Crippen LogP contribution is -2.42. The van der Waals surface area contributed by atoms with Gasteiger partial charge in [-0.05, 0) is 0 Å². The molecule has 80 valence electrons. The van der Waals surface area contributed by atoms with E-state index in [1.165, 1.54) is 0 Å². The second kappa shape index (κ2) is 3.14. The Balaban J connectivity index is 2.99. The third kappa shape index (κ3) is 1.66. The Morgan fingerprint density at radius 1 is 1.50 bits per heavy atom. The molecule has 1 fully saturated rings. The molecule has 1 saturated heterocycles. The molecule has 0 spiro atoms. The van der Waals surface area contributed by atoms with Crippen molar-refractivity contribution >= 4 is 11.9 Å². The van der Waals surface area contributed by atoms with Crippen molar-refractivity contribution < 1.29 is 27.9 Å². The second-order valence-electron chi connectivity index (χ2n) is 3.18. The number of hydrogen-bond donors (Lipinski definition) is 2. The van der Waals surface area contributed by atoms with Crippen LogP contribution in [-0.4, -0.2) is 29.2 Å². The molecule has 1 rings (SSSR count). The first-order valence-electron chi connectivity index (χ1n) is 3.85. The van der Waals surface area contributed by atoms with Crippen LogP contribution < -0.4 is 5.32 Å². The number of rotatable bonds is 1. The van der Waals surface area contributed by atoms with E-state index in [1.54, 1.807) is 5.32 Å². The molecule has 0 aromatic carbocycles. The van der Waals surface area contributed by atoms with Crippen molar-refractivity contribution in [3.05, 3.63) is 0 Å². The average molecular weight is 211 g/mol. The summed E-state index contributed by atoms with van der Waals surface area (Å²) in [4.78, 5) is 21.3. The van der Waals surface area contributed by atoms with Gasteiger partial charge in [-0.2, -0.15) is 13.2 Å². The molecule has 4 nitrogen and oxygen atoms in total. The van der Waals surface area contributed by atoms with Crippen LogP contribution in [0, 0.1) is 11.8 Å². The van der Waals surface area contributed by atoms with Crippen molar-refractivity contribution in [1.82, 2.24) is 5.32 Å². The van der Waals surface area contributed by atoms with Crippen molar-refractivity contribution in [3.63, 3.8) is 0 Å². The number of nitrogens with one attached hydrogen (secondary N) is 1. The number of alkyl halides is 3. The van der Waals surface area contributed by atoms with E-state index in [2.05, 4.69) is 0 Å². The van der Waals surface area contributed by atoms with E-state index < -0.39 is 35.9 Å². The van der Waals surface area contributed by atoms with Crippen molar-refractivity contribution in [2.75, 3.05) is 0 Å². The second-order valence-corrected chi connectivity index (χ2v) is 3.18. The van der Waals surface area contributed by atoms with Crippen LogP contribution in [0.5, 0.6) is 0 Å². The molecule has 0 aliphatic carbocycles. The van der Waals surface area contributed by atoms with Gasteiger partial charge in [-0.1, -0.05) is 6.92 Å². The van der Waals surface area contributed by atoms with Crippen molar-refractivity contribution in [1.29, 1.82) is 0 Å². The molecule has 0 radical (unpaired) electrons. The SMILES string of the molecule is CC1C(=O)NC(C(=O)O)C1C(F)(F)F. The summed E-state index contributed by atoms with van der Waals surface area (Å²) in [6, 6.07) is -1.86. The summed E-state index contributed by atoms with van der Waals surface area (Å²) < 4.78 is 37.0. The number of hydrogen-bond acceptors (Lipinski definition) is 2. The van der Waals surface area contributed by atoms with Crippen molar-refractivity contribution in [2.24, 2.45) is 11.8 Å². The number of carboxylic acid groups (broad SMARTS) is 1.